The van der Waals surface area contributed by atoms with Gasteiger partial charge < -0.3 is 19.8 Å². The van der Waals surface area contributed by atoms with Crippen molar-refractivity contribution in [2.75, 3.05) is 33.8 Å². The monoisotopic (exact) mass is 385 g/mol. The third-order valence-electron chi connectivity index (χ3n) is 5.25. The van der Waals surface area contributed by atoms with Gasteiger partial charge in [0.1, 0.15) is 11.5 Å². The molecule has 152 valence electrons. The number of nitrogens with one attached hydrogen (secondary N) is 2. The zero-order chi connectivity index (χ0) is 19.9. The largest absolute Gasteiger partial charge is 0.496 e. The second kappa shape index (κ2) is 9.59. The van der Waals surface area contributed by atoms with Gasteiger partial charge in [0.25, 0.3) is 0 Å². The zero-order valence-corrected chi connectivity index (χ0v) is 17.3. The highest BCUT2D eigenvalue weighted by molar-refractivity contribution is 5.79. The lowest BCUT2D eigenvalue weighted by atomic mass is 10.0. The van der Waals surface area contributed by atoms with E-state index in [4.69, 9.17) is 9.15 Å². The van der Waals surface area contributed by atoms with Crippen LogP contribution in [0.2, 0.25) is 0 Å². The summed E-state index contributed by atoms with van der Waals surface area (Å²) in [6.07, 6.45) is 2.48. The average molecular weight is 386 g/mol. The fraction of sp³-hybridized carbons (Fsp3) is 0.524. The van der Waals surface area contributed by atoms with Crippen molar-refractivity contribution in [2.24, 2.45) is 4.99 Å². The quantitative estimate of drug-likeness (QED) is 0.564. The first-order valence-corrected chi connectivity index (χ1v) is 9.86. The van der Waals surface area contributed by atoms with Crippen LogP contribution in [-0.4, -0.2) is 49.6 Å². The van der Waals surface area contributed by atoms with Crippen LogP contribution in [0.15, 0.2) is 33.7 Å². The van der Waals surface area contributed by atoms with Gasteiger partial charge in [-0.25, -0.2) is 4.98 Å². The van der Waals surface area contributed by atoms with Crippen LogP contribution in [0.25, 0.3) is 0 Å². The van der Waals surface area contributed by atoms with Crippen LogP contribution in [-0.2, 0) is 6.54 Å². The molecule has 2 aromatic rings. The maximum atomic E-state index is 5.63. The number of guanidine groups is 1. The number of ether oxygens (including phenoxy) is 1. The molecule has 0 amide bonds. The second-order valence-electron chi connectivity index (χ2n) is 7.06. The van der Waals surface area contributed by atoms with Crippen molar-refractivity contribution < 1.29 is 9.15 Å². The number of methoxy groups -OCH3 is 1. The SMILES string of the molecule is CN=C(NCc1nc(C)c(C)o1)NCC(c1ccccc1OC)N1CCCC1. The summed E-state index contributed by atoms with van der Waals surface area (Å²) in [5.74, 6) is 3.17. The molecule has 1 aliphatic heterocycles. The number of aromatic nitrogens is 1. The van der Waals surface area contributed by atoms with E-state index in [1.807, 2.05) is 26.0 Å². The first kappa shape index (κ1) is 20.2. The number of nitrogens with zero attached hydrogens (tertiary/aromatic N) is 3. The van der Waals surface area contributed by atoms with Crippen molar-refractivity contribution in [3.05, 3.63) is 47.2 Å². The highest BCUT2D eigenvalue weighted by Gasteiger charge is 2.26. The lowest BCUT2D eigenvalue weighted by Gasteiger charge is -2.29. The molecule has 1 aliphatic rings. The van der Waals surface area contributed by atoms with Crippen LogP contribution >= 0.6 is 0 Å². The number of likely N-dealkylation sites (tertiary alicyclic amines) is 1. The summed E-state index contributed by atoms with van der Waals surface area (Å²) in [5, 5.41) is 6.75. The second-order valence-corrected chi connectivity index (χ2v) is 7.06. The van der Waals surface area contributed by atoms with E-state index in [1.165, 1.54) is 18.4 Å². The molecule has 0 aliphatic carbocycles. The van der Waals surface area contributed by atoms with Gasteiger partial charge in [-0.3, -0.25) is 9.89 Å². The summed E-state index contributed by atoms with van der Waals surface area (Å²) in [6, 6.07) is 8.48. The van der Waals surface area contributed by atoms with Crippen molar-refractivity contribution in [2.45, 2.75) is 39.3 Å². The van der Waals surface area contributed by atoms with E-state index in [0.717, 1.165) is 42.8 Å². The Bertz CT molecular complexity index is 776. The van der Waals surface area contributed by atoms with Crippen LogP contribution in [0.3, 0.4) is 0 Å². The Hall–Kier alpha value is -2.54. The van der Waals surface area contributed by atoms with Crippen LogP contribution in [0.1, 0.15) is 41.8 Å². The Labute approximate surface area is 167 Å². The number of para-hydroxylation sites is 1. The predicted molar refractivity (Wildman–Crippen MR) is 111 cm³/mol. The van der Waals surface area contributed by atoms with Crippen LogP contribution < -0.4 is 15.4 Å². The molecule has 0 radical (unpaired) electrons. The number of oxazole rings is 1. The topological polar surface area (TPSA) is 74.9 Å². The van der Waals surface area contributed by atoms with Crippen LogP contribution in [0.5, 0.6) is 5.75 Å². The van der Waals surface area contributed by atoms with Gasteiger partial charge in [0, 0.05) is 19.2 Å². The standard InChI is InChI=1S/C21H31N5O2/c1-15-16(2)28-20(25-15)14-24-21(22-3)23-13-18(26-11-7-8-12-26)17-9-5-6-10-19(17)27-4/h5-6,9-10,18H,7-8,11-14H2,1-4H3,(H2,22,23,24). The number of rotatable bonds is 7. The molecule has 1 unspecified atom stereocenters. The number of aryl methyl sites for hydroxylation is 2. The van der Waals surface area contributed by atoms with Gasteiger partial charge in [-0.2, -0.15) is 0 Å². The van der Waals surface area contributed by atoms with Crippen molar-refractivity contribution in [3.63, 3.8) is 0 Å². The maximum absolute atomic E-state index is 5.63. The number of hydrogen-bond acceptors (Lipinski definition) is 5. The van der Waals surface area contributed by atoms with Crippen molar-refractivity contribution in [3.8, 4) is 5.75 Å². The Kier molecular flexibility index (Phi) is 6.92. The summed E-state index contributed by atoms with van der Waals surface area (Å²) < 4.78 is 11.3. The molecular weight excluding hydrogens is 354 g/mol. The normalized spacial score (nSPS) is 16.2. The van der Waals surface area contributed by atoms with Gasteiger partial charge in [0.2, 0.25) is 5.89 Å². The van der Waals surface area contributed by atoms with Gasteiger partial charge in [0.15, 0.2) is 5.96 Å². The Morgan fingerprint density at radius 3 is 2.64 bits per heavy atom. The van der Waals surface area contributed by atoms with Crippen LogP contribution in [0.4, 0.5) is 0 Å². The summed E-state index contributed by atoms with van der Waals surface area (Å²) in [4.78, 5) is 11.3. The first-order valence-electron chi connectivity index (χ1n) is 9.86. The molecule has 2 N–H and O–H groups in total. The van der Waals surface area contributed by atoms with Gasteiger partial charge in [-0.1, -0.05) is 18.2 Å². The molecule has 1 aromatic heterocycles. The first-order chi connectivity index (χ1) is 13.6. The third-order valence-corrected chi connectivity index (χ3v) is 5.25. The van der Waals surface area contributed by atoms with E-state index in [9.17, 15) is 0 Å². The van der Waals surface area contributed by atoms with Crippen molar-refractivity contribution in [1.82, 2.24) is 20.5 Å². The fourth-order valence-corrected chi connectivity index (χ4v) is 3.62. The smallest absolute Gasteiger partial charge is 0.214 e. The average Bonchev–Trinajstić information content (AvgIpc) is 3.35. The molecule has 1 fully saturated rings. The molecule has 0 bridgehead atoms. The minimum atomic E-state index is 0.225. The Morgan fingerprint density at radius 2 is 2.00 bits per heavy atom. The molecule has 7 heteroatoms. The third kappa shape index (κ3) is 4.84. The molecule has 3 rings (SSSR count). The lowest BCUT2D eigenvalue weighted by molar-refractivity contribution is 0.239. The van der Waals surface area contributed by atoms with E-state index in [0.29, 0.717) is 12.4 Å². The van der Waals surface area contributed by atoms with Gasteiger partial charge in [-0.15, -0.1) is 0 Å². The van der Waals surface area contributed by atoms with Crippen molar-refractivity contribution >= 4 is 5.96 Å². The zero-order valence-electron chi connectivity index (χ0n) is 17.3. The lowest BCUT2D eigenvalue weighted by Crippen LogP contribution is -2.42. The highest BCUT2D eigenvalue weighted by atomic mass is 16.5. The van der Waals surface area contributed by atoms with Crippen molar-refractivity contribution in [1.29, 1.82) is 0 Å². The van der Waals surface area contributed by atoms with E-state index in [2.05, 4.69) is 37.6 Å². The molecular formula is C21H31N5O2. The van der Waals surface area contributed by atoms with Gasteiger partial charge in [0.05, 0.1) is 25.4 Å². The molecule has 2 heterocycles. The minimum absolute atomic E-state index is 0.225. The molecule has 1 saturated heterocycles. The van der Waals surface area contributed by atoms with Gasteiger partial charge >= 0.3 is 0 Å². The number of hydrogen-bond donors (Lipinski definition) is 2. The van der Waals surface area contributed by atoms with E-state index in [-0.39, 0.29) is 6.04 Å². The van der Waals surface area contributed by atoms with Crippen LogP contribution in [0, 0.1) is 13.8 Å². The van der Waals surface area contributed by atoms with E-state index >= 15 is 0 Å². The molecule has 0 saturated carbocycles. The maximum Gasteiger partial charge on any atom is 0.214 e. The molecule has 0 spiro atoms. The fourth-order valence-electron chi connectivity index (χ4n) is 3.62. The molecule has 7 nitrogen and oxygen atoms in total. The Balaban J connectivity index is 1.66. The van der Waals surface area contributed by atoms with E-state index in [1.54, 1.807) is 14.2 Å². The minimum Gasteiger partial charge on any atom is -0.496 e. The predicted octanol–water partition coefficient (Wildman–Crippen LogP) is 2.80. The molecule has 1 atom stereocenters. The van der Waals surface area contributed by atoms with Gasteiger partial charge in [-0.05, 0) is 45.8 Å². The number of benzene rings is 1. The summed E-state index contributed by atoms with van der Waals surface area (Å²) >= 11 is 0. The summed E-state index contributed by atoms with van der Waals surface area (Å²) in [7, 11) is 3.50. The summed E-state index contributed by atoms with van der Waals surface area (Å²) in [6.45, 7) is 7.31. The number of aliphatic imine (C=N–C) groups is 1. The Morgan fingerprint density at radius 1 is 1.25 bits per heavy atom. The molecule has 1 aromatic carbocycles. The highest BCUT2D eigenvalue weighted by Crippen LogP contribution is 2.31. The summed E-state index contributed by atoms with van der Waals surface area (Å²) in [5.41, 5.74) is 2.12. The van der Waals surface area contributed by atoms with E-state index < -0.39 is 0 Å². The molecule has 28 heavy (non-hydrogen) atoms.